The summed E-state index contributed by atoms with van der Waals surface area (Å²) in [6, 6.07) is 9.40. The smallest absolute Gasteiger partial charge is 0.337 e. The van der Waals surface area contributed by atoms with Crippen molar-refractivity contribution in [3.63, 3.8) is 0 Å². The molecule has 0 spiro atoms. The number of hydrogen-bond acceptors (Lipinski definition) is 5. The van der Waals surface area contributed by atoms with E-state index in [-0.39, 0.29) is 28.5 Å². The minimum Gasteiger partial charge on any atom is -0.478 e. The van der Waals surface area contributed by atoms with Gasteiger partial charge in [0, 0.05) is 25.7 Å². The van der Waals surface area contributed by atoms with Crippen LogP contribution in [-0.4, -0.2) is 39.1 Å². The maximum Gasteiger partial charge on any atom is 0.337 e. The average Bonchev–Trinajstić information content (AvgIpc) is 2.75. The number of carbonyl (C=O) groups is 1. The molecular formula is C23H31ClN2O5S. The van der Waals surface area contributed by atoms with Gasteiger partial charge in [-0.05, 0) is 31.0 Å². The molecule has 176 valence electrons. The third kappa shape index (κ3) is 6.60. The molecular weight excluding hydrogens is 452 g/mol. The van der Waals surface area contributed by atoms with E-state index in [0.29, 0.717) is 23.8 Å². The van der Waals surface area contributed by atoms with Crippen molar-refractivity contribution >= 4 is 33.3 Å². The molecule has 2 N–H and O–H groups in total. The fourth-order valence-electron chi connectivity index (χ4n) is 3.24. The zero-order chi connectivity index (χ0) is 23.7. The fraction of sp³-hybridized carbons (Fsp3) is 0.435. The minimum atomic E-state index is -4.01. The number of aromatic carboxylic acids is 1. The van der Waals surface area contributed by atoms with Gasteiger partial charge in [-0.25, -0.2) is 17.9 Å². The van der Waals surface area contributed by atoms with Gasteiger partial charge < -0.3 is 14.7 Å². The number of halogens is 1. The monoisotopic (exact) mass is 482 g/mol. The molecule has 7 nitrogen and oxygen atoms in total. The Morgan fingerprint density at radius 3 is 2.22 bits per heavy atom. The standard InChI is InChI=1S/C23H31ClN2O5S/c1-4-7-13-26(14-8-5-2)19-16-21(31-20-12-10-9-11-18(20)24)22(15-17(19)23(27)28)32(29,30)25-6-3/h9-12,15-16,25H,4-8,13-14H2,1-3H3,(H,27,28). The molecule has 0 fully saturated rings. The third-order valence-electron chi connectivity index (χ3n) is 4.88. The fourth-order valence-corrected chi connectivity index (χ4v) is 4.58. The molecule has 32 heavy (non-hydrogen) atoms. The van der Waals surface area contributed by atoms with Crippen LogP contribution in [0.1, 0.15) is 56.8 Å². The summed E-state index contributed by atoms with van der Waals surface area (Å²) < 4.78 is 34.1. The van der Waals surface area contributed by atoms with Gasteiger partial charge in [-0.3, -0.25) is 0 Å². The van der Waals surface area contributed by atoms with Crippen molar-refractivity contribution in [2.75, 3.05) is 24.5 Å². The molecule has 0 aliphatic carbocycles. The Kier molecular flexibility index (Phi) is 9.81. The second-order valence-electron chi connectivity index (χ2n) is 7.35. The van der Waals surface area contributed by atoms with Crippen LogP contribution < -0.4 is 14.4 Å². The van der Waals surface area contributed by atoms with Crippen LogP contribution in [0.15, 0.2) is 41.3 Å². The number of nitrogens with one attached hydrogen (secondary N) is 1. The molecule has 0 atom stereocenters. The first kappa shape index (κ1) is 26.0. The van der Waals surface area contributed by atoms with Crippen molar-refractivity contribution < 1.29 is 23.1 Å². The van der Waals surface area contributed by atoms with Crippen LogP contribution in [0.3, 0.4) is 0 Å². The summed E-state index contributed by atoms with van der Waals surface area (Å²) >= 11 is 6.23. The molecule has 0 unspecified atom stereocenters. The summed E-state index contributed by atoms with van der Waals surface area (Å²) in [7, 11) is -4.01. The van der Waals surface area contributed by atoms with Gasteiger partial charge in [0.05, 0.1) is 16.3 Å². The van der Waals surface area contributed by atoms with E-state index < -0.39 is 16.0 Å². The number of ether oxygens (including phenoxy) is 1. The molecule has 0 radical (unpaired) electrons. The molecule has 0 heterocycles. The van der Waals surface area contributed by atoms with Crippen molar-refractivity contribution in [1.29, 1.82) is 0 Å². The number of nitrogens with zero attached hydrogens (tertiary/aromatic N) is 1. The summed E-state index contributed by atoms with van der Waals surface area (Å²) in [6.45, 7) is 7.23. The first-order valence-corrected chi connectivity index (χ1v) is 12.7. The Balaban J connectivity index is 2.72. The molecule has 0 aliphatic rings. The van der Waals surface area contributed by atoms with E-state index in [1.165, 1.54) is 12.1 Å². The second-order valence-corrected chi connectivity index (χ2v) is 9.49. The Bertz CT molecular complexity index is 1020. The number of rotatable bonds is 13. The van der Waals surface area contributed by atoms with Crippen LogP contribution >= 0.6 is 11.6 Å². The summed E-state index contributed by atoms with van der Waals surface area (Å²) in [5, 5.41) is 10.2. The Hall–Kier alpha value is -2.29. The highest BCUT2D eigenvalue weighted by molar-refractivity contribution is 7.89. The van der Waals surface area contributed by atoms with Crippen LogP contribution in [0.5, 0.6) is 11.5 Å². The highest BCUT2D eigenvalue weighted by Gasteiger charge is 2.27. The lowest BCUT2D eigenvalue weighted by atomic mass is 10.1. The number of unbranched alkanes of at least 4 members (excludes halogenated alkanes) is 2. The first-order valence-electron chi connectivity index (χ1n) is 10.8. The van der Waals surface area contributed by atoms with Crippen molar-refractivity contribution in [3.8, 4) is 11.5 Å². The molecule has 0 saturated heterocycles. The van der Waals surface area contributed by atoms with Gasteiger partial charge in [0.15, 0.2) is 0 Å². The highest BCUT2D eigenvalue weighted by atomic mass is 35.5. The maximum atomic E-state index is 12.9. The zero-order valence-corrected chi connectivity index (χ0v) is 20.3. The predicted octanol–water partition coefficient (Wildman–Crippen LogP) is 5.54. The van der Waals surface area contributed by atoms with Gasteiger partial charge in [-0.2, -0.15) is 0 Å². The number of benzene rings is 2. The van der Waals surface area contributed by atoms with Crippen molar-refractivity contribution in [2.45, 2.75) is 51.3 Å². The van der Waals surface area contributed by atoms with Gasteiger partial charge in [-0.15, -0.1) is 0 Å². The highest BCUT2D eigenvalue weighted by Crippen LogP contribution is 2.38. The molecule has 2 rings (SSSR count). The molecule has 0 aromatic heterocycles. The van der Waals surface area contributed by atoms with Crippen LogP contribution in [0.25, 0.3) is 0 Å². The first-order chi connectivity index (χ1) is 15.2. The normalized spacial score (nSPS) is 11.4. The maximum absolute atomic E-state index is 12.9. The minimum absolute atomic E-state index is 0.0250. The number of anilines is 1. The molecule has 0 amide bonds. The van der Waals surface area contributed by atoms with E-state index in [4.69, 9.17) is 16.3 Å². The van der Waals surface area contributed by atoms with Crippen molar-refractivity contribution in [1.82, 2.24) is 4.72 Å². The molecule has 2 aromatic carbocycles. The molecule has 2 aromatic rings. The average molecular weight is 483 g/mol. The number of hydrogen-bond donors (Lipinski definition) is 2. The molecule has 0 saturated carbocycles. The van der Waals surface area contributed by atoms with E-state index in [0.717, 1.165) is 25.7 Å². The van der Waals surface area contributed by atoms with Gasteiger partial charge in [0.1, 0.15) is 16.4 Å². The number of carboxylic acid groups (broad SMARTS) is 1. The van der Waals surface area contributed by atoms with Crippen LogP contribution in [0.4, 0.5) is 5.69 Å². The van der Waals surface area contributed by atoms with Crippen LogP contribution in [0.2, 0.25) is 5.02 Å². The number of sulfonamides is 1. The van der Waals surface area contributed by atoms with Crippen LogP contribution in [0, 0.1) is 0 Å². The second kappa shape index (κ2) is 12.1. The third-order valence-corrected chi connectivity index (χ3v) is 6.76. The summed E-state index contributed by atoms with van der Waals surface area (Å²) in [5.74, 6) is -0.892. The number of carboxylic acids is 1. The summed E-state index contributed by atoms with van der Waals surface area (Å²) in [5.41, 5.74) is 0.345. The lowest BCUT2D eigenvalue weighted by Crippen LogP contribution is -2.28. The quantitative estimate of drug-likeness (QED) is 0.389. The molecule has 0 aliphatic heterocycles. The largest absolute Gasteiger partial charge is 0.478 e. The van der Waals surface area contributed by atoms with E-state index in [1.807, 2.05) is 4.90 Å². The Morgan fingerprint density at radius 1 is 1.06 bits per heavy atom. The van der Waals surface area contributed by atoms with E-state index >= 15 is 0 Å². The number of para-hydroxylation sites is 1. The van der Waals surface area contributed by atoms with Gasteiger partial charge >= 0.3 is 5.97 Å². The van der Waals surface area contributed by atoms with Gasteiger partial charge in [-0.1, -0.05) is 57.3 Å². The lowest BCUT2D eigenvalue weighted by Gasteiger charge is -2.27. The summed E-state index contributed by atoms with van der Waals surface area (Å²) in [6.07, 6.45) is 3.64. The Morgan fingerprint density at radius 2 is 1.69 bits per heavy atom. The summed E-state index contributed by atoms with van der Waals surface area (Å²) in [4.78, 5) is 13.9. The predicted molar refractivity (Wildman–Crippen MR) is 128 cm³/mol. The lowest BCUT2D eigenvalue weighted by molar-refractivity contribution is 0.0697. The van der Waals surface area contributed by atoms with Gasteiger partial charge in [0.2, 0.25) is 10.0 Å². The van der Waals surface area contributed by atoms with E-state index in [1.54, 1.807) is 31.2 Å². The van der Waals surface area contributed by atoms with E-state index in [9.17, 15) is 18.3 Å². The van der Waals surface area contributed by atoms with Crippen molar-refractivity contribution in [2.24, 2.45) is 0 Å². The topological polar surface area (TPSA) is 95.9 Å². The van der Waals surface area contributed by atoms with Crippen molar-refractivity contribution in [3.05, 3.63) is 47.0 Å². The van der Waals surface area contributed by atoms with E-state index in [2.05, 4.69) is 18.6 Å². The SMILES string of the molecule is CCCCN(CCCC)c1cc(Oc2ccccc2Cl)c(S(=O)(=O)NCC)cc1C(=O)O. The molecule has 9 heteroatoms. The van der Waals surface area contributed by atoms with Crippen LogP contribution in [-0.2, 0) is 10.0 Å². The molecule has 0 bridgehead atoms. The zero-order valence-electron chi connectivity index (χ0n) is 18.7. The van der Waals surface area contributed by atoms with Gasteiger partial charge in [0.25, 0.3) is 0 Å². The Labute approximate surface area is 195 Å².